The Morgan fingerprint density at radius 3 is 2.47 bits per heavy atom. The highest BCUT2D eigenvalue weighted by atomic mass is 127. The molecule has 2 aromatic rings. The van der Waals surface area contributed by atoms with E-state index in [9.17, 15) is 0 Å². The summed E-state index contributed by atoms with van der Waals surface area (Å²) in [7, 11) is 1.98. The van der Waals surface area contributed by atoms with Gasteiger partial charge in [-0.1, -0.05) is 44.2 Å². The zero-order chi connectivity index (χ0) is 21.1. The van der Waals surface area contributed by atoms with Crippen LogP contribution < -0.4 is 10.6 Å². The standard InChI is InChI=1S/C22H37N7.HI/c1-6-29(7-2)15-11-12-18(3)25-22(23-16-20-13-9-8-10-14-20)24-17-21-27-26-19(4)28(21)5;/h8-10,13-14,18H,6-7,11-12,15-17H2,1-5H3,(H2,23,24,25);1H. The molecule has 0 radical (unpaired) electrons. The van der Waals surface area contributed by atoms with Crippen molar-refractivity contribution in [2.24, 2.45) is 12.0 Å². The molecular weight excluding hydrogens is 489 g/mol. The minimum absolute atomic E-state index is 0. The van der Waals surface area contributed by atoms with Gasteiger partial charge in [0, 0.05) is 13.1 Å². The molecule has 1 atom stereocenters. The van der Waals surface area contributed by atoms with Crippen molar-refractivity contribution in [3.63, 3.8) is 0 Å². The minimum Gasteiger partial charge on any atom is -0.354 e. The molecule has 0 fully saturated rings. The molecule has 168 valence electrons. The van der Waals surface area contributed by atoms with E-state index in [1.165, 1.54) is 12.0 Å². The number of guanidine groups is 1. The van der Waals surface area contributed by atoms with Crippen molar-refractivity contribution in [2.75, 3.05) is 19.6 Å². The van der Waals surface area contributed by atoms with Crippen molar-refractivity contribution in [3.8, 4) is 0 Å². The maximum absolute atomic E-state index is 4.79. The fourth-order valence-corrected chi connectivity index (χ4v) is 3.14. The van der Waals surface area contributed by atoms with Gasteiger partial charge in [0.15, 0.2) is 11.8 Å². The predicted octanol–water partition coefficient (Wildman–Crippen LogP) is 3.49. The van der Waals surface area contributed by atoms with Crippen LogP contribution in [0, 0.1) is 6.92 Å². The average molecular weight is 527 g/mol. The van der Waals surface area contributed by atoms with E-state index in [1.54, 1.807) is 0 Å². The number of rotatable bonds is 11. The number of benzene rings is 1. The zero-order valence-corrected chi connectivity index (χ0v) is 21.4. The number of halogens is 1. The smallest absolute Gasteiger partial charge is 0.192 e. The van der Waals surface area contributed by atoms with Gasteiger partial charge in [-0.15, -0.1) is 34.2 Å². The van der Waals surface area contributed by atoms with Gasteiger partial charge >= 0.3 is 0 Å². The van der Waals surface area contributed by atoms with Crippen LogP contribution in [-0.2, 0) is 20.1 Å². The molecule has 1 heterocycles. The summed E-state index contributed by atoms with van der Waals surface area (Å²) in [6.45, 7) is 13.2. The van der Waals surface area contributed by atoms with Crippen LogP contribution in [0.25, 0.3) is 0 Å². The van der Waals surface area contributed by atoms with Gasteiger partial charge in [0.2, 0.25) is 0 Å². The summed E-state index contributed by atoms with van der Waals surface area (Å²) in [5.74, 6) is 2.61. The molecule has 1 unspecified atom stereocenters. The van der Waals surface area contributed by atoms with Crippen LogP contribution >= 0.6 is 24.0 Å². The molecule has 8 heteroatoms. The highest BCUT2D eigenvalue weighted by Crippen LogP contribution is 2.03. The molecule has 0 bridgehead atoms. The van der Waals surface area contributed by atoms with Crippen LogP contribution in [0.15, 0.2) is 35.3 Å². The van der Waals surface area contributed by atoms with E-state index in [2.05, 4.69) is 58.6 Å². The van der Waals surface area contributed by atoms with Gasteiger partial charge in [-0.3, -0.25) is 0 Å². The first-order chi connectivity index (χ1) is 14.0. The third-order valence-electron chi connectivity index (χ3n) is 5.25. The highest BCUT2D eigenvalue weighted by Gasteiger charge is 2.10. The Kier molecular flexibility index (Phi) is 12.6. The van der Waals surface area contributed by atoms with E-state index in [1.807, 2.05) is 36.7 Å². The van der Waals surface area contributed by atoms with Gasteiger partial charge in [0.05, 0.1) is 13.1 Å². The second-order valence-corrected chi connectivity index (χ2v) is 7.44. The summed E-state index contributed by atoms with van der Waals surface area (Å²) >= 11 is 0. The maximum Gasteiger partial charge on any atom is 0.192 e. The summed E-state index contributed by atoms with van der Waals surface area (Å²) in [6, 6.07) is 10.7. The summed E-state index contributed by atoms with van der Waals surface area (Å²) < 4.78 is 2.00. The van der Waals surface area contributed by atoms with Crippen LogP contribution in [-0.4, -0.2) is 51.3 Å². The van der Waals surface area contributed by atoms with Gasteiger partial charge in [-0.05, 0) is 51.9 Å². The third kappa shape index (κ3) is 8.99. The second-order valence-electron chi connectivity index (χ2n) is 7.44. The number of aliphatic imine (C=N–C) groups is 1. The van der Waals surface area contributed by atoms with Crippen molar-refractivity contribution in [2.45, 2.75) is 59.7 Å². The monoisotopic (exact) mass is 527 g/mol. The Labute approximate surface area is 198 Å². The van der Waals surface area contributed by atoms with E-state index in [-0.39, 0.29) is 24.0 Å². The third-order valence-corrected chi connectivity index (χ3v) is 5.25. The van der Waals surface area contributed by atoms with Crippen molar-refractivity contribution in [1.82, 2.24) is 30.3 Å². The Morgan fingerprint density at radius 2 is 1.87 bits per heavy atom. The van der Waals surface area contributed by atoms with Crippen molar-refractivity contribution < 1.29 is 0 Å². The quantitative estimate of drug-likeness (QED) is 0.266. The molecule has 0 amide bonds. The molecule has 0 aliphatic rings. The number of aromatic nitrogens is 3. The normalized spacial score (nSPS) is 12.5. The van der Waals surface area contributed by atoms with Gasteiger partial charge in [0.1, 0.15) is 5.82 Å². The molecule has 30 heavy (non-hydrogen) atoms. The molecule has 0 aliphatic heterocycles. The Hall–Kier alpha value is -1.68. The van der Waals surface area contributed by atoms with Crippen molar-refractivity contribution in [3.05, 3.63) is 47.5 Å². The van der Waals surface area contributed by atoms with Gasteiger partial charge < -0.3 is 20.1 Å². The number of hydrogen-bond acceptors (Lipinski definition) is 4. The summed E-state index contributed by atoms with van der Waals surface area (Å²) in [6.07, 6.45) is 2.27. The first-order valence-electron chi connectivity index (χ1n) is 10.7. The lowest BCUT2D eigenvalue weighted by molar-refractivity contribution is 0.292. The van der Waals surface area contributed by atoms with E-state index >= 15 is 0 Å². The Bertz CT molecular complexity index is 741. The molecule has 0 aliphatic carbocycles. The predicted molar refractivity (Wildman–Crippen MR) is 135 cm³/mol. The van der Waals surface area contributed by atoms with Gasteiger partial charge in [0.25, 0.3) is 0 Å². The van der Waals surface area contributed by atoms with E-state index < -0.39 is 0 Å². The average Bonchev–Trinajstić information content (AvgIpc) is 3.06. The maximum atomic E-state index is 4.79. The second kappa shape index (κ2) is 14.3. The fourth-order valence-electron chi connectivity index (χ4n) is 3.14. The largest absolute Gasteiger partial charge is 0.354 e. The molecule has 1 aromatic carbocycles. The van der Waals surface area contributed by atoms with E-state index in [0.29, 0.717) is 19.1 Å². The highest BCUT2D eigenvalue weighted by molar-refractivity contribution is 14.0. The van der Waals surface area contributed by atoms with E-state index in [0.717, 1.165) is 43.7 Å². The number of aryl methyl sites for hydroxylation is 1. The topological polar surface area (TPSA) is 70.4 Å². The zero-order valence-electron chi connectivity index (χ0n) is 19.1. The van der Waals surface area contributed by atoms with Crippen LogP contribution in [0.4, 0.5) is 0 Å². The van der Waals surface area contributed by atoms with Crippen molar-refractivity contribution >= 4 is 29.9 Å². The molecule has 0 spiro atoms. The molecule has 1 aromatic heterocycles. The molecule has 0 saturated carbocycles. The molecule has 2 rings (SSSR count). The van der Waals surface area contributed by atoms with Gasteiger partial charge in [-0.25, -0.2) is 4.99 Å². The number of hydrogen-bond donors (Lipinski definition) is 2. The van der Waals surface area contributed by atoms with E-state index in [4.69, 9.17) is 4.99 Å². The lowest BCUT2D eigenvalue weighted by atomic mass is 10.2. The van der Waals surface area contributed by atoms with Crippen LogP contribution in [0.2, 0.25) is 0 Å². The Morgan fingerprint density at radius 1 is 1.17 bits per heavy atom. The Balaban J connectivity index is 0.00000450. The van der Waals surface area contributed by atoms with Crippen LogP contribution in [0.5, 0.6) is 0 Å². The fraction of sp³-hybridized carbons (Fsp3) is 0.591. The van der Waals surface area contributed by atoms with Crippen LogP contribution in [0.1, 0.15) is 50.8 Å². The minimum atomic E-state index is 0. The number of nitrogens with one attached hydrogen (secondary N) is 2. The first kappa shape index (κ1) is 26.4. The molecule has 7 nitrogen and oxygen atoms in total. The molecular formula is C22H38IN7. The summed E-state index contributed by atoms with van der Waals surface area (Å²) in [5, 5.41) is 15.3. The van der Waals surface area contributed by atoms with Gasteiger partial charge in [-0.2, -0.15) is 0 Å². The molecule has 2 N–H and O–H groups in total. The van der Waals surface area contributed by atoms with Crippen molar-refractivity contribution in [1.29, 1.82) is 0 Å². The lowest BCUT2D eigenvalue weighted by Gasteiger charge is -2.21. The SMILES string of the molecule is CCN(CC)CCCC(C)NC(=NCc1ccccc1)NCc1nnc(C)n1C.I. The first-order valence-corrected chi connectivity index (χ1v) is 10.7. The van der Waals surface area contributed by atoms with Crippen LogP contribution in [0.3, 0.4) is 0 Å². The summed E-state index contributed by atoms with van der Waals surface area (Å²) in [5.41, 5.74) is 1.19. The molecule has 0 saturated heterocycles. The number of nitrogens with zero attached hydrogens (tertiary/aromatic N) is 5. The summed E-state index contributed by atoms with van der Waals surface area (Å²) in [4.78, 5) is 7.25. The lowest BCUT2D eigenvalue weighted by Crippen LogP contribution is -2.42.